The molecule has 0 bridgehead atoms. The fourth-order valence-corrected chi connectivity index (χ4v) is 3.47. The fourth-order valence-electron chi connectivity index (χ4n) is 2.65. The summed E-state index contributed by atoms with van der Waals surface area (Å²) in [7, 11) is 0. The van der Waals surface area contributed by atoms with Crippen LogP contribution in [0.25, 0.3) is 0 Å². The minimum Gasteiger partial charge on any atom is -0.383 e. The van der Waals surface area contributed by atoms with Crippen molar-refractivity contribution in [1.29, 1.82) is 0 Å². The van der Waals surface area contributed by atoms with Crippen LogP contribution in [-0.4, -0.2) is 21.1 Å². The molecule has 1 atom stereocenters. The first kappa shape index (κ1) is 20.0. The maximum atomic E-state index is 12.8. The Bertz CT molecular complexity index is 819. The van der Waals surface area contributed by atoms with Crippen LogP contribution >= 0.6 is 11.8 Å². The van der Waals surface area contributed by atoms with Gasteiger partial charge in [0.05, 0.1) is 5.25 Å². The molecule has 4 N–H and O–H groups in total. The van der Waals surface area contributed by atoms with Crippen molar-refractivity contribution in [2.24, 2.45) is 0 Å². The van der Waals surface area contributed by atoms with Gasteiger partial charge < -0.3 is 16.0 Å². The largest absolute Gasteiger partial charge is 0.383 e. The van der Waals surface area contributed by atoms with E-state index in [1.165, 1.54) is 17.8 Å². The number of anilines is 2. The predicted octanol–water partition coefficient (Wildman–Crippen LogP) is 3.72. The number of nitrogens with zero attached hydrogens (tertiary/aromatic N) is 1. The first-order chi connectivity index (χ1) is 12.2. The molecule has 1 heterocycles. The molecule has 0 spiro atoms. The second-order valence-electron chi connectivity index (χ2n) is 6.85. The number of nitrogens with two attached hydrogens (primary N) is 1. The molecule has 0 aliphatic heterocycles. The van der Waals surface area contributed by atoms with Gasteiger partial charge in [-0.1, -0.05) is 57.7 Å². The van der Waals surface area contributed by atoms with Crippen molar-refractivity contribution >= 4 is 29.2 Å². The van der Waals surface area contributed by atoms with E-state index in [-0.39, 0.29) is 17.3 Å². The average molecular weight is 375 g/mol. The molecule has 0 aliphatic rings. The van der Waals surface area contributed by atoms with Crippen molar-refractivity contribution in [3.63, 3.8) is 0 Å². The molecule has 0 saturated heterocycles. The Balaban J connectivity index is 2.24. The number of H-pyrrole nitrogens is 1. The summed E-state index contributed by atoms with van der Waals surface area (Å²) in [6.07, 6.45) is 0. The van der Waals surface area contributed by atoms with E-state index in [1.807, 2.05) is 18.2 Å². The number of amides is 1. The van der Waals surface area contributed by atoms with Gasteiger partial charge in [0.2, 0.25) is 5.91 Å². The Morgan fingerprint density at radius 3 is 2.23 bits per heavy atom. The Morgan fingerprint density at radius 1 is 1.15 bits per heavy atom. The van der Waals surface area contributed by atoms with Crippen LogP contribution in [0.3, 0.4) is 0 Å². The van der Waals surface area contributed by atoms with E-state index >= 15 is 0 Å². The fraction of sp³-hybridized carbons (Fsp3) is 0.421. The van der Waals surface area contributed by atoms with Gasteiger partial charge in [-0.15, -0.1) is 0 Å². The van der Waals surface area contributed by atoms with Crippen molar-refractivity contribution in [3.8, 4) is 0 Å². The van der Waals surface area contributed by atoms with Gasteiger partial charge in [0.25, 0.3) is 5.56 Å². The Labute approximate surface area is 158 Å². The predicted molar refractivity (Wildman–Crippen MR) is 108 cm³/mol. The average Bonchev–Trinajstić information content (AvgIpc) is 2.53. The topological polar surface area (TPSA) is 101 Å². The van der Waals surface area contributed by atoms with E-state index in [0.29, 0.717) is 17.0 Å². The lowest BCUT2D eigenvalue weighted by Gasteiger charge is -2.21. The van der Waals surface area contributed by atoms with Crippen LogP contribution in [0.4, 0.5) is 11.5 Å². The smallest absolute Gasteiger partial charge is 0.253 e. The zero-order chi connectivity index (χ0) is 19.4. The van der Waals surface area contributed by atoms with Crippen LogP contribution in [0.1, 0.15) is 57.6 Å². The molecule has 1 aromatic carbocycles. The molecule has 0 saturated carbocycles. The SMILES string of the molecule is CC(Sc1nc(N)cc(=O)[nH]1)C(=O)Nc1c(C(C)C)cccc1C(C)C. The van der Waals surface area contributed by atoms with Crippen LogP contribution in [0.2, 0.25) is 0 Å². The summed E-state index contributed by atoms with van der Waals surface area (Å²) in [5.74, 6) is 0.573. The molecule has 0 radical (unpaired) electrons. The van der Waals surface area contributed by atoms with Crippen molar-refractivity contribution in [2.45, 2.75) is 56.9 Å². The Morgan fingerprint density at radius 2 is 1.73 bits per heavy atom. The summed E-state index contributed by atoms with van der Waals surface area (Å²) in [5.41, 5.74) is 8.36. The first-order valence-electron chi connectivity index (χ1n) is 8.66. The third-order valence-electron chi connectivity index (χ3n) is 4.02. The lowest BCUT2D eigenvalue weighted by molar-refractivity contribution is -0.115. The molecular formula is C19H26N4O2S. The third-order valence-corrected chi connectivity index (χ3v) is 5.00. The zero-order valence-electron chi connectivity index (χ0n) is 15.8. The maximum absolute atomic E-state index is 12.8. The molecule has 0 aliphatic carbocycles. The van der Waals surface area contributed by atoms with E-state index < -0.39 is 5.25 Å². The summed E-state index contributed by atoms with van der Waals surface area (Å²) in [6.45, 7) is 10.2. The van der Waals surface area contributed by atoms with Crippen LogP contribution in [-0.2, 0) is 4.79 Å². The highest BCUT2D eigenvalue weighted by atomic mass is 32.2. The number of rotatable bonds is 6. The highest BCUT2D eigenvalue weighted by molar-refractivity contribution is 8.00. The number of aromatic amines is 1. The highest BCUT2D eigenvalue weighted by Gasteiger charge is 2.20. The Hall–Kier alpha value is -2.28. The van der Waals surface area contributed by atoms with E-state index in [4.69, 9.17) is 5.73 Å². The molecular weight excluding hydrogens is 348 g/mol. The summed E-state index contributed by atoms with van der Waals surface area (Å²) in [4.78, 5) is 30.9. The van der Waals surface area contributed by atoms with Gasteiger partial charge in [-0.25, -0.2) is 4.98 Å². The number of benzene rings is 1. The van der Waals surface area contributed by atoms with E-state index in [9.17, 15) is 9.59 Å². The van der Waals surface area contributed by atoms with Crippen LogP contribution in [0.15, 0.2) is 34.2 Å². The van der Waals surface area contributed by atoms with Gasteiger partial charge in [-0.3, -0.25) is 9.59 Å². The lowest BCUT2D eigenvalue weighted by atomic mass is 9.92. The molecule has 2 rings (SSSR count). The number of aromatic nitrogens is 2. The summed E-state index contributed by atoms with van der Waals surface area (Å²) in [6, 6.07) is 7.32. The molecule has 1 amide bonds. The molecule has 6 nitrogen and oxygen atoms in total. The van der Waals surface area contributed by atoms with Gasteiger partial charge in [0, 0.05) is 11.8 Å². The van der Waals surface area contributed by atoms with Gasteiger partial charge in [-0.05, 0) is 29.9 Å². The van der Waals surface area contributed by atoms with Gasteiger partial charge in [-0.2, -0.15) is 0 Å². The van der Waals surface area contributed by atoms with Crippen LogP contribution < -0.4 is 16.6 Å². The molecule has 1 unspecified atom stereocenters. The van der Waals surface area contributed by atoms with Crippen molar-refractivity contribution in [1.82, 2.24) is 9.97 Å². The minimum atomic E-state index is -0.444. The summed E-state index contributed by atoms with van der Waals surface area (Å²) in [5, 5.41) is 2.97. The molecule has 26 heavy (non-hydrogen) atoms. The van der Waals surface area contributed by atoms with Gasteiger partial charge in [0.15, 0.2) is 5.16 Å². The number of nitrogen functional groups attached to an aromatic ring is 1. The Kier molecular flexibility index (Phi) is 6.47. The third kappa shape index (κ3) is 4.88. The molecule has 0 fully saturated rings. The zero-order valence-corrected chi connectivity index (χ0v) is 16.6. The molecule has 1 aromatic heterocycles. The number of hydrogen-bond donors (Lipinski definition) is 3. The van der Waals surface area contributed by atoms with E-state index in [0.717, 1.165) is 16.8 Å². The van der Waals surface area contributed by atoms with Crippen molar-refractivity contribution < 1.29 is 4.79 Å². The number of thioether (sulfide) groups is 1. The van der Waals surface area contributed by atoms with Crippen LogP contribution in [0, 0.1) is 0 Å². The number of carbonyl (C=O) groups excluding carboxylic acids is 1. The minimum absolute atomic E-state index is 0.135. The maximum Gasteiger partial charge on any atom is 0.253 e. The first-order valence-corrected chi connectivity index (χ1v) is 9.54. The quantitative estimate of drug-likeness (QED) is 0.528. The molecule has 2 aromatic rings. The summed E-state index contributed by atoms with van der Waals surface area (Å²) >= 11 is 1.17. The van der Waals surface area contributed by atoms with E-state index in [2.05, 4.69) is 43.0 Å². The molecule has 140 valence electrons. The highest BCUT2D eigenvalue weighted by Crippen LogP contribution is 2.33. The van der Waals surface area contributed by atoms with Crippen molar-refractivity contribution in [2.75, 3.05) is 11.1 Å². The van der Waals surface area contributed by atoms with E-state index in [1.54, 1.807) is 6.92 Å². The van der Waals surface area contributed by atoms with Crippen molar-refractivity contribution in [3.05, 3.63) is 45.7 Å². The second-order valence-corrected chi connectivity index (χ2v) is 8.18. The number of hydrogen-bond acceptors (Lipinski definition) is 5. The lowest BCUT2D eigenvalue weighted by Crippen LogP contribution is -2.25. The normalized spacial score (nSPS) is 12.4. The number of para-hydroxylation sites is 1. The standard InChI is InChI=1S/C19H26N4O2S/c1-10(2)13-7-6-8-14(11(3)4)17(13)23-18(25)12(5)26-19-21-15(20)9-16(24)22-19/h6-12H,1-5H3,(H,23,25)(H3,20,21,22,24). The van der Waals surface area contributed by atoms with Crippen LogP contribution in [0.5, 0.6) is 0 Å². The second kappa shape index (κ2) is 8.40. The number of nitrogens with one attached hydrogen (secondary N) is 2. The van der Waals surface area contributed by atoms with Gasteiger partial charge in [0.1, 0.15) is 5.82 Å². The molecule has 7 heteroatoms. The monoisotopic (exact) mass is 374 g/mol. The summed E-state index contributed by atoms with van der Waals surface area (Å²) < 4.78 is 0. The number of carbonyl (C=O) groups is 1. The van der Waals surface area contributed by atoms with Gasteiger partial charge >= 0.3 is 0 Å².